The summed E-state index contributed by atoms with van der Waals surface area (Å²) in [4.78, 5) is 10.2. The number of halogens is 1. The number of rotatable bonds is 4. The molecule has 3 heteroatoms. The summed E-state index contributed by atoms with van der Waals surface area (Å²) in [7, 11) is 0. The van der Waals surface area contributed by atoms with Gasteiger partial charge in [-0.1, -0.05) is 15.9 Å². The van der Waals surface area contributed by atoms with Gasteiger partial charge in [-0.25, -0.2) is 0 Å². The molecule has 0 bridgehead atoms. The SMILES string of the molecule is [2H]C([2H])(Br)CCC([2H])([2H])C(=O)O. The molecule has 0 unspecified atom stereocenters. The maximum absolute atomic E-state index is 10.2. The van der Waals surface area contributed by atoms with Gasteiger partial charge in [-0.3, -0.25) is 4.79 Å². The molecule has 0 aliphatic carbocycles. The van der Waals surface area contributed by atoms with E-state index in [0.717, 1.165) is 0 Å². The van der Waals surface area contributed by atoms with Crippen molar-refractivity contribution in [2.75, 3.05) is 5.28 Å². The Labute approximate surface area is 62.6 Å². The molecule has 0 aliphatic heterocycles. The van der Waals surface area contributed by atoms with E-state index in [1.54, 1.807) is 0 Å². The Balaban J connectivity index is 4.01. The number of alkyl halides is 1. The van der Waals surface area contributed by atoms with Crippen LogP contribution in [0.3, 0.4) is 0 Å². The van der Waals surface area contributed by atoms with Crippen LogP contribution in [0.5, 0.6) is 0 Å². The van der Waals surface area contributed by atoms with Gasteiger partial charge in [0.25, 0.3) is 0 Å². The summed E-state index contributed by atoms with van der Waals surface area (Å²) in [5.74, 6) is -1.56. The average Bonchev–Trinajstić information content (AvgIpc) is 1.82. The molecule has 8 heavy (non-hydrogen) atoms. The van der Waals surface area contributed by atoms with E-state index in [-0.39, 0.29) is 12.8 Å². The minimum Gasteiger partial charge on any atom is -0.481 e. The van der Waals surface area contributed by atoms with E-state index in [1.165, 1.54) is 0 Å². The van der Waals surface area contributed by atoms with Crippen molar-refractivity contribution in [3.05, 3.63) is 0 Å². The molecule has 0 aromatic heterocycles. The fourth-order valence-electron chi connectivity index (χ4n) is 0.217. The average molecular weight is 185 g/mol. The lowest BCUT2D eigenvalue weighted by Gasteiger charge is -1.88. The molecule has 0 heterocycles. The van der Waals surface area contributed by atoms with E-state index in [2.05, 4.69) is 15.9 Å². The maximum Gasteiger partial charge on any atom is 0.303 e. The van der Waals surface area contributed by atoms with Crippen molar-refractivity contribution in [1.82, 2.24) is 0 Å². The van der Waals surface area contributed by atoms with Gasteiger partial charge >= 0.3 is 5.97 Å². The summed E-state index contributed by atoms with van der Waals surface area (Å²) in [6.45, 7) is 0. The fourth-order valence-corrected chi connectivity index (χ4v) is 0.415. The van der Waals surface area contributed by atoms with Crippen LogP contribution in [-0.4, -0.2) is 16.4 Å². The van der Waals surface area contributed by atoms with E-state index in [1.807, 2.05) is 0 Å². The molecular weight excluding hydrogens is 172 g/mol. The second-order valence-corrected chi connectivity index (χ2v) is 1.68. The fraction of sp³-hybridized carbons (Fsp3) is 0.800. The van der Waals surface area contributed by atoms with Crippen LogP contribution >= 0.6 is 15.9 Å². The van der Waals surface area contributed by atoms with Crippen LogP contribution in [0.1, 0.15) is 24.7 Å². The number of hydrogen-bond donors (Lipinski definition) is 1. The van der Waals surface area contributed by atoms with Crippen LogP contribution in [0.4, 0.5) is 0 Å². The van der Waals surface area contributed by atoms with Crippen molar-refractivity contribution >= 4 is 21.9 Å². The van der Waals surface area contributed by atoms with Gasteiger partial charge in [0.1, 0.15) is 0 Å². The Bertz CT molecular complexity index is 177. The molecule has 0 amide bonds. The van der Waals surface area contributed by atoms with Crippen molar-refractivity contribution in [3.63, 3.8) is 0 Å². The van der Waals surface area contributed by atoms with Gasteiger partial charge in [0.05, 0.1) is 0 Å². The van der Waals surface area contributed by atoms with Crippen LogP contribution in [-0.2, 0) is 4.79 Å². The summed E-state index contributed by atoms with van der Waals surface area (Å²) in [5, 5.41) is 6.63. The summed E-state index contributed by atoms with van der Waals surface area (Å²) in [6.07, 6.45) is -2.87. The molecule has 0 radical (unpaired) electrons. The van der Waals surface area contributed by atoms with Gasteiger partial charge in [-0.2, -0.15) is 0 Å². The Kier molecular flexibility index (Phi) is 2.04. The first-order chi connectivity index (χ1) is 5.15. The lowest BCUT2D eigenvalue weighted by atomic mass is 10.3. The van der Waals surface area contributed by atoms with Gasteiger partial charge in [-0.15, -0.1) is 0 Å². The molecule has 1 N–H and O–H groups in total. The minimum absolute atomic E-state index is 0.174. The third kappa shape index (κ3) is 5.95. The highest BCUT2D eigenvalue weighted by Gasteiger charge is 1.93. The van der Waals surface area contributed by atoms with Crippen LogP contribution in [0.15, 0.2) is 0 Å². The molecule has 0 aromatic rings. The normalized spacial score (nSPS) is 20.1. The minimum atomic E-state index is -2.35. The lowest BCUT2D eigenvalue weighted by molar-refractivity contribution is -0.137. The molecule has 0 saturated carbocycles. The van der Waals surface area contributed by atoms with Crippen molar-refractivity contribution in [2.24, 2.45) is 0 Å². The predicted octanol–water partition coefficient (Wildman–Crippen LogP) is 1.64. The Morgan fingerprint density at radius 3 is 2.75 bits per heavy atom. The summed E-state index contributed by atoms with van der Waals surface area (Å²) in [6, 6.07) is 0. The number of aliphatic carboxylic acids is 1. The molecule has 0 spiro atoms. The first-order valence-corrected chi connectivity index (χ1v) is 2.87. The number of carboxylic acids is 1. The van der Waals surface area contributed by atoms with Gasteiger partial charge in [0, 0.05) is 17.1 Å². The zero-order valence-corrected chi connectivity index (χ0v) is 5.73. The second kappa shape index (κ2) is 5.09. The Hall–Kier alpha value is -0.0500. The zero-order valence-electron chi connectivity index (χ0n) is 8.15. The van der Waals surface area contributed by atoms with Crippen molar-refractivity contribution < 1.29 is 15.4 Å². The predicted molar refractivity (Wildman–Crippen MR) is 35.3 cm³/mol. The number of carbonyl (C=O) groups is 1. The van der Waals surface area contributed by atoms with Gasteiger partial charge in [0.2, 0.25) is 0 Å². The summed E-state index contributed by atoms with van der Waals surface area (Å²) in [5.41, 5.74) is 0. The molecule has 2 nitrogen and oxygen atoms in total. The van der Waals surface area contributed by atoms with Crippen LogP contribution in [0.25, 0.3) is 0 Å². The third-order valence-corrected chi connectivity index (χ3v) is 0.892. The molecule has 0 rings (SSSR count). The van der Waals surface area contributed by atoms with E-state index < -0.39 is 17.6 Å². The Morgan fingerprint density at radius 1 is 1.75 bits per heavy atom. The highest BCUT2D eigenvalue weighted by molar-refractivity contribution is 9.09. The maximum atomic E-state index is 10.2. The first-order valence-electron chi connectivity index (χ1n) is 4.07. The zero-order chi connectivity index (χ0) is 9.99. The van der Waals surface area contributed by atoms with Gasteiger partial charge in [-0.05, 0) is 12.8 Å². The molecular formula is C5H9BrO2. The van der Waals surface area contributed by atoms with Gasteiger partial charge in [0.15, 0.2) is 0 Å². The summed E-state index contributed by atoms with van der Waals surface area (Å²) < 4.78 is 27.8. The highest BCUT2D eigenvalue weighted by atomic mass is 79.9. The van der Waals surface area contributed by atoms with Gasteiger partial charge < -0.3 is 5.11 Å². The Morgan fingerprint density at radius 2 is 2.38 bits per heavy atom. The van der Waals surface area contributed by atoms with Crippen molar-refractivity contribution in [3.8, 4) is 0 Å². The molecule has 0 fully saturated rings. The largest absolute Gasteiger partial charge is 0.481 e. The molecule has 48 valence electrons. The summed E-state index contributed by atoms with van der Waals surface area (Å²) >= 11 is 2.65. The van der Waals surface area contributed by atoms with Crippen molar-refractivity contribution in [2.45, 2.75) is 19.2 Å². The molecule has 0 aliphatic rings. The monoisotopic (exact) mass is 184 g/mol. The van der Waals surface area contributed by atoms with E-state index in [0.29, 0.717) is 0 Å². The van der Waals surface area contributed by atoms with Crippen LogP contribution < -0.4 is 0 Å². The topological polar surface area (TPSA) is 37.3 Å². The highest BCUT2D eigenvalue weighted by Crippen LogP contribution is 1.97. The smallest absolute Gasteiger partial charge is 0.303 e. The van der Waals surface area contributed by atoms with Crippen LogP contribution in [0.2, 0.25) is 0 Å². The molecule has 0 aromatic carbocycles. The van der Waals surface area contributed by atoms with E-state index in [9.17, 15) is 4.79 Å². The lowest BCUT2D eigenvalue weighted by Crippen LogP contribution is -1.93. The molecule has 0 atom stereocenters. The standard InChI is InChI=1S/C5H9BrO2/c6-4-2-1-3-5(7)8/h1-4H2,(H,7,8)/i3D2,4D2. The first kappa shape index (κ1) is 3.20. The van der Waals surface area contributed by atoms with Crippen molar-refractivity contribution in [1.29, 1.82) is 0 Å². The second-order valence-electron chi connectivity index (χ2n) is 1.12. The number of carboxylic acid groups (broad SMARTS) is 1. The van der Waals surface area contributed by atoms with Crippen LogP contribution in [0, 0.1) is 0 Å². The third-order valence-electron chi connectivity index (χ3n) is 0.496. The van der Waals surface area contributed by atoms with E-state index >= 15 is 0 Å². The number of hydrogen-bond acceptors (Lipinski definition) is 1. The molecule has 0 saturated heterocycles. The van der Waals surface area contributed by atoms with E-state index in [4.69, 9.17) is 10.6 Å². The quantitative estimate of drug-likeness (QED) is 0.676.